The second-order valence-corrected chi connectivity index (χ2v) is 10.6. The van der Waals surface area contributed by atoms with E-state index in [9.17, 15) is 19.1 Å². The molecule has 0 radical (unpaired) electrons. The lowest BCUT2D eigenvalue weighted by Gasteiger charge is -2.32. The fraction of sp³-hybridized carbons (Fsp3) is 0.233. The summed E-state index contributed by atoms with van der Waals surface area (Å²) in [5, 5.41) is 27.5. The minimum absolute atomic E-state index is 0.0487. The van der Waals surface area contributed by atoms with Gasteiger partial charge in [-0.1, -0.05) is 6.42 Å². The number of amides is 1. The third-order valence-corrected chi connectivity index (χ3v) is 7.77. The molecule has 0 spiro atoms. The third kappa shape index (κ3) is 5.42. The van der Waals surface area contributed by atoms with Crippen LogP contribution in [0.2, 0.25) is 0 Å². The summed E-state index contributed by atoms with van der Waals surface area (Å²) < 4.78 is 35.4. The number of aliphatic hydroxyl groups excluding tert-OH is 1. The number of halogens is 2. The lowest BCUT2D eigenvalue weighted by molar-refractivity contribution is 0.102. The van der Waals surface area contributed by atoms with Crippen LogP contribution in [0.15, 0.2) is 71.8 Å². The van der Waals surface area contributed by atoms with Gasteiger partial charge in [0, 0.05) is 48.3 Å². The first-order valence-corrected chi connectivity index (χ1v) is 13.6. The number of ether oxygens (including phenoxy) is 1. The first-order chi connectivity index (χ1) is 20.8. The highest BCUT2D eigenvalue weighted by molar-refractivity contribution is 6.04. The van der Waals surface area contributed by atoms with E-state index in [1.54, 1.807) is 6.07 Å². The van der Waals surface area contributed by atoms with E-state index >= 15 is 4.39 Å². The molecule has 3 heterocycles. The number of hydrogen-bond acceptors (Lipinski definition) is 8. The molecule has 2 unspecified atom stereocenters. The van der Waals surface area contributed by atoms with E-state index < -0.39 is 23.1 Å². The molecule has 43 heavy (non-hydrogen) atoms. The molecule has 1 aliphatic rings. The minimum Gasteiger partial charge on any atom is -0.453 e. The Morgan fingerprint density at radius 2 is 1.95 bits per heavy atom. The number of aromatic amines is 1. The van der Waals surface area contributed by atoms with Crippen LogP contribution in [-0.4, -0.2) is 48.1 Å². The third-order valence-electron chi connectivity index (χ3n) is 7.77. The van der Waals surface area contributed by atoms with Crippen LogP contribution < -0.4 is 20.9 Å². The molecule has 220 valence electrons. The van der Waals surface area contributed by atoms with Gasteiger partial charge in [-0.05, 0) is 62.2 Å². The van der Waals surface area contributed by atoms with Crippen LogP contribution in [-0.2, 0) is 0 Å². The first-order valence-electron chi connectivity index (χ1n) is 13.6. The SMILES string of the molecule is CC1(Nc2n[nH]c3nccc(Oc4ccc(NC(=O)c5ccnn(-c6ccc(F)cc6)c5=O)cc4F)c23)CCCC1CO. The molecular formula is C30H27F2N7O4. The van der Waals surface area contributed by atoms with Crippen molar-refractivity contribution in [3.05, 3.63) is 94.5 Å². The molecule has 2 atom stereocenters. The summed E-state index contributed by atoms with van der Waals surface area (Å²) in [6, 6.07) is 11.8. The number of benzene rings is 2. The van der Waals surface area contributed by atoms with Crippen LogP contribution in [0, 0.1) is 17.6 Å². The fourth-order valence-corrected chi connectivity index (χ4v) is 5.39. The summed E-state index contributed by atoms with van der Waals surface area (Å²) in [6.07, 6.45) is 5.49. The number of fused-ring (bicyclic) bond motifs is 1. The van der Waals surface area contributed by atoms with Gasteiger partial charge >= 0.3 is 0 Å². The lowest BCUT2D eigenvalue weighted by atomic mass is 9.89. The van der Waals surface area contributed by atoms with Crippen molar-refractivity contribution in [1.82, 2.24) is 25.0 Å². The minimum atomic E-state index is -0.775. The predicted octanol–water partition coefficient (Wildman–Crippen LogP) is 4.79. The molecule has 1 amide bonds. The normalized spacial score (nSPS) is 18.1. The second kappa shape index (κ2) is 11.2. The van der Waals surface area contributed by atoms with Gasteiger partial charge < -0.3 is 20.5 Å². The average Bonchev–Trinajstić information content (AvgIpc) is 3.58. The topological polar surface area (TPSA) is 147 Å². The maximum absolute atomic E-state index is 15.2. The van der Waals surface area contributed by atoms with Gasteiger partial charge in [-0.15, -0.1) is 0 Å². The van der Waals surface area contributed by atoms with Crippen molar-refractivity contribution >= 4 is 28.4 Å². The Labute approximate surface area is 243 Å². The van der Waals surface area contributed by atoms with Crippen LogP contribution in [0.5, 0.6) is 11.5 Å². The number of hydrogen-bond donors (Lipinski definition) is 4. The van der Waals surface area contributed by atoms with Crippen molar-refractivity contribution < 1.29 is 23.4 Å². The van der Waals surface area contributed by atoms with Crippen LogP contribution in [0.3, 0.4) is 0 Å². The summed E-state index contributed by atoms with van der Waals surface area (Å²) in [7, 11) is 0. The highest BCUT2D eigenvalue weighted by Gasteiger charge is 2.39. The Kier molecular flexibility index (Phi) is 7.32. The lowest BCUT2D eigenvalue weighted by Crippen LogP contribution is -2.40. The number of rotatable bonds is 8. The highest BCUT2D eigenvalue weighted by atomic mass is 19.1. The number of carbonyl (C=O) groups excluding carboxylic acids is 1. The van der Waals surface area contributed by atoms with E-state index in [1.807, 2.05) is 6.92 Å². The first kappa shape index (κ1) is 28.0. The van der Waals surface area contributed by atoms with Crippen LogP contribution in [0.25, 0.3) is 16.7 Å². The number of aromatic nitrogens is 5. The molecule has 1 aliphatic carbocycles. The molecule has 11 nitrogen and oxygen atoms in total. The number of H-pyrrole nitrogens is 1. The zero-order chi connectivity index (χ0) is 30.1. The molecule has 5 aromatic rings. The molecule has 3 aromatic heterocycles. The van der Waals surface area contributed by atoms with Crippen molar-refractivity contribution in [1.29, 1.82) is 0 Å². The largest absolute Gasteiger partial charge is 0.453 e. The zero-order valence-corrected chi connectivity index (χ0v) is 23.0. The van der Waals surface area contributed by atoms with Gasteiger partial charge in [-0.2, -0.15) is 14.9 Å². The highest BCUT2D eigenvalue weighted by Crippen LogP contribution is 2.41. The number of nitrogens with zero attached hydrogens (tertiary/aromatic N) is 4. The summed E-state index contributed by atoms with van der Waals surface area (Å²) in [4.78, 5) is 30.1. The van der Waals surface area contributed by atoms with E-state index in [1.165, 1.54) is 54.9 Å². The molecule has 2 aromatic carbocycles. The zero-order valence-electron chi connectivity index (χ0n) is 23.0. The van der Waals surface area contributed by atoms with E-state index in [2.05, 4.69) is 30.9 Å². The van der Waals surface area contributed by atoms with Gasteiger partial charge in [0.1, 0.15) is 22.5 Å². The molecule has 6 rings (SSSR count). The summed E-state index contributed by atoms with van der Waals surface area (Å²) in [5.74, 6) is -1.29. The van der Waals surface area contributed by atoms with Gasteiger partial charge in [0.15, 0.2) is 23.0 Å². The van der Waals surface area contributed by atoms with Gasteiger partial charge in [0.2, 0.25) is 0 Å². The molecule has 0 bridgehead atoms. The van der Waals surface area contributed by atoms with E-state index in [-0.39, 0.29) is 40.8 Å². The summed E-state index contributed by atoms with van der Waals surface area (Å²) in [5.41, 5.74) is -0.537. The Morgan fingerprint density at radius 1 is 1.14 bits per heavy atom. The number of nitrogens with one attached hydrogen (secondary N) is 3. The number of anilines is 2. The van der Waals surface area contributed by atoms with Gasteiger partial charge in [-0.25, -0.2) is 13.8 Å². The Morgan fingerprint density at radius 3 is 2.72 bits per heavy atom. The van der Waals surface area contributed by atoms with E-state index in [0.717, 1.165) is 30.0 Å². The Balaban J connectivity index is 1.22. The maximum Gasteiger partial charge on any atom is 0.284 e. The molecule has 1 saturated carbocycles. The van der Waals surface area contributed by atoms with Crippen LogP contribution in [0.4, 0.5) is 20.3 Å². The number of carbonyl (C=O) groups is 1. The molecule has 0 aliphatic heterocycles. The Hall–Kier alpha value is -5.17. The van der Waals surface area contributed by atoms with Crippen LogP contribution >= 0.6 is 0 Å². The van der Waals surface area contributed by atoms with E-state index in [0.29, 0.717) is 22.6 Å². The van der Waals surface area contributed by atoms with Crippen molar-refractivity contribution in [2.24, 2.45) is 5.92 Å². The second-order valence-electron chi connectivity index (χ2n) is 10.6. The van der Waals surface area contributed by atoms with Gasteiger partial charge in [-0.3, -0.25) is 14.7 Å². The van der Waals surface area contributed by atoms with Crippen molar-refractivity contribution in [3.8, 4) is 17.2 Å². The smallest absolute Gasteiger partial charge is 0.284 e. The van der Waals surface area contributed by atoms with Crippen molar-refractivity contribution in [2.75, 3.05) is 17.2 Å². The molecule has 13 heteroatoms. The van der Waals surface area contributed by atoms with Gasteiger partial charge in [0.05, 0.1) is 5.69 Å². The average molecular weight is 588 g/mol. The summed E-state index contributed by atoms with van der Waals surface area (Å²) in [6.45, 7) is 2.09. The number of aliphatic hydroxyl groups is 1. The predicted molar refractivity (Wildman–Crippen MR) is 155 cm³/mol. The molecule has 1 fully saturated rings. The van der Waals surface area contributed by atoms with Crippen molar-refractivity contribution in [2.45, 2.75) is 31.7 Å². The molecule has 0 saturated heterocycles. The standard InChI is InChI=1S/C30H27F2N7O4/c1-30(12-2-3-17(30)16-40)36-27-25-24(11-13-33-26(25)37-38-27)43-23-9-6-19(15-22(23)32)35-28(41)21-10-14-34-39(29(21)42)20-7-4-18(31)5-8-20/h4-11,13-15,17,40H,2-3,12,16H2,1H3,(H,35,41)(H2,33,36,37,38). The van der Waals surface area contributed by atoms with Crippen LogP contribution in [0.1, 0.15) is 36.5 Å². The van der Waals surface area contributed by atoms with Gasteiger partial charge in [0.25, 0.3) is 11.5 Å². The monoisotopic (exact) mass is 587 g/mol. The Bertz CT molecular complexity index is 1880. The number of pyridine rings is 1. The summed E-state index contributed by atoms with van der Waals surface area (Å²) >= 11 is 0. The quantitative estimate of drug-likeness (QED) is 0.203. The molecular weight excluding hydrogens is 560 g/mol. The fourth-order valence-electron chi connectivity index (χ4n) is 5.39. The van der Waals surface area contributed by atoms with Crippen molar-refractivity contribution in [3.63, 3.8) is 0 Å². The maximum atomic E-state index is 15.2. The molecule has 4 N–H and O–H groups in total. The van der Waals surface area contributed by atoms with E-state index in [4.69, 9.17) is 4.74 Å².